The number of oxime groups is 1. The first-order valence-electron chi connectivity index (χ1n) is 3.63. The molecule has 0 radical (unpaired) electrons. The number of amides is 1. The predicted molar refractivity (Wildman–Crippen MR) is 43.6 cm³/mol. The summed E-state index contributed by atoms with van der Waals surface area (Å²) in [7, 11) is 1.49. The molecule has 0 fully saturated rings. The maximum absolute atomic E-state index is 10.5. The number of rotatable bonds is 3. The molecule has 4 heteroatoms. The fourth-order valence-corrected chi connectivity index (χ4v) is 0.572. The minimum atomic E-state index is -0.527. The summed E-state index contributed by atoms with van der Waals surface area (Å²) < 4.78 is 0. The van der Waals surface area contributed by atoms with Crippen molar-refractivity contribution in [2.75, 3.05) is 7.05 Å². The Kier molecular flexibility index (Phi) is 5.15. The number of hydrogen-bond acceptors (Lipinski definition) is 3. The number of hydrogen-bond donors (Lipinski definition) is 1. The molecule has 0 spiro atoms. The maximum atomic E-state index is 10.5. The zero-order valence-electron chi connectivity index (χ0n) is 7.18. The molecule has 4 nitrogen and oxygen atoms in total. The Morgan fingerprint density at radius 2 is 2.27 bits per heavy atom. The highest BCUT2D eigenvalue weighted by Crippen LogP contribution is 1.91. The normalized spacial score (nSPS) is 11.0. The molecule has 0 aliphatic heterocycles. The molecule has 0 unspecified atom stereocenters. The first-order chi connectivity index (χ1) is 5.20. The van der Waals surface area contributed by atoms with E-state index in [2.05, 4.69) is 15.3 Å². The van der Waals surface area contributed by atoms with Crippen LogP contribution >= 0.6 is 0 Å². The van der Waals surface area contributed by atoms with Gasteiger partial charge in [0.05, 0.1) is 5.71 Å². The van der Waals surface area contributed by atoms with E-state index >= 15 is 0 Å². The van der Waals surface area contributed by atoms with E-state index in [1.807, 2.05) is 13.8 Å². The van der Waals surface area contributed by atoms with Crippen molar-refractivity contribution in [1.82, 2.24) is 5.32 Å². The number of nitrogens with one attached hydrogen (secondary N) is 1. The molecule has 0 aromatic rings. The second kappa shape index (κ2) is 5.70. The maximum Gasteiger partial charge on any atom is 0.433 e. The average molecular weight is 158 g/mol. The molecule has 0 aliphatic rings. The number of nitrogens with zero attached hydrogens (tertiary/aromatic N) is 1. The summed E-state index contributed by atoms with van der Waals surface area (Å²) in [4.78, 5) is 14.9. The zero-order valence-corrected chi connectivity index (χ0v) is 7.18. The molecule has 0 aliphatic carbocycles. The van der Waals surface area contributed by atoms with Crippen LogP contribution in [-0.4, -0.2) is 18.9 Å². The van der Waals surface area contributed by atoms with Crippen LogP contribution in [0.1, 0.15) is 26.7 Å². The minimum absolute atomic E-state index is 0.527. The lowest BCUT2D eigenvalue weighted by Crippen LogP contribution is -2.17. The quantitative estimate of drug-likeness (QED) is 0.384. The van der Waals surface area contributed by atoms with Crippen molar-refractivity contribution in [2.45, 2.75) is 26.7 Å². The Morgan fingerprint density at radius 1 is 1.64 bits per heavy atom. The minimum Gasteiger partial charge on any atom is -0.323 e. The largest absolute Gasteiger partial charge is 0.433 e. The first kappa shape index (κ1) is 9.94. The number of carbonyl (C=O) groups is 1. The van der Waals surface area contributed by atoms with E-state index in [0.717, 1.165) is 18.6 Å². The Bertz CT molecular complexity index is 155. The fraction of sp³-hybridized carbons (Fsp3) is 0.714. The van der Waals surface area contributed by atoms with E-state index in [1.165, 1.54) is 7.05 Å². The molecule has 64 valence electrons. The van der Waals surface area contributed by atoms with Gasteiger partial charge in [0, 0.05) is 7.05 Å². The van der Waals surface area contributed by atoms with Crippen LogP contribution in [0, 0.1) is 0 Å². The molecule has 0 bridgehead atoms. The van der Waals surface area contributed by atoms with Crippen LogP contribution in [0.2, 0.25) is 0 Å². The molecule has 0 saturated heterocycles. The third-order valence-corrected chi connectivity index (χ3v) is 1.10. The molecule has 0 aromatic carbocycles. The lowest BCUT2D eigenvalue weighted by atomic mass is 10.2. The van der Waals surface area contributed by atoms with Crippen LogP contribution < -0.4 is 5.32 Å². The van der Waals surface area contributed by atoms with E-state index in [0.29, 0.717) is 0 Å². The van der Waals surface area contributed by atoms with Crippen molar-refractivity contribution >= 4 is 11.8 Å². The van der Waals surface area contributed by atoms with Gasteiger partial charge in [0.25, 0.3) is 0 Å². The van der Waals surface area contributed by atoms with Gasteiger partial charge < -0.3 is 5.32 Å². The summed E-state index contributed by atoms with van der Waals surface area (Å²) >= 11 is 0. The highest BCUT2D eigenvalue weighted by molar-refractivity contribution is 5.82. The second-order valence-corrected chi connectivity index (χ2v) is 2.21. The summed E-state index contributed by atoms with van der Waals surface area (Å²) in [6.45, 7) is 3.87. The summed E-state index contributed by atoms with van der Waals surface area (Å²) in [6, 6.07) is 0. The summed E-state index contributed by atoms with van der Waals surface area (Å²) in [5, 5.41) is 5.88. The van der Waals surface area contributed by atoms with Crippen molar-refractivity contribution in [3.05, 3.63) is 0 Å². The Morgan fingerprint density at radius 3 is 2.73 bits per heavy atom. The predicted octanol–water partition coefficient (Wildman–Crippen LogP) is 1.52. The van der Waals surface area contributed by atoms with Gasteiger partial charge in [-0.25, -0.2) is 4.79 Å². The molecule has 1 amide bonds. The van der Waals surface area contributed by atoms with Crippen molar-refractivity contribution in [1.29, 1.82) is 0 Å². The molecule has 11 heavy (non-hydrogen) atoms. The highest BCUT2D eigenvalue weighted by Gasteiger charge is 1.95. The van der Waals surface area contributed by atoms with Crippen molar-refractivity contribution in [2.24, 2.45) is 5.16 Å². The van der Waals surface area contributed by atoms with E-state index < -0.39 is 6.09 Å². The zero-order chi connectivity index (χ0) is 8.69. The van der Waals surface area contributed by atoms with Gasteiger partial charge in [-0.3, -0.25) is 4.84 Å². The van der Waals surface area contributed by atoms with Gasteiger partial charge in [0.2, 0.25) is 0 Å². The van der Waals surface area contributed by atoms with Crippen LogP contribution in [-0.2, 0) is 4.84 Å². The molecular formula is C7H14N2O2. The van der Waals surface area contributed by atoms with Crippen LogP contribution in [0.4, 0.5) is 4.79 Å². The average Bonchev–Trinajstić information content (AvgIpc) is 2.01. The molecular weight excluding hydrogens is 144 g/mol. The van der Waals surface area contributed by atoms with Gasteiger partial charge in [0.15, 0.2) is 0 Å². The smallest absolute Gasteiger partial charge is 0.323 e. The third kappa shape index (κ3) is 5.39. The lowest BCUT2D eigenvalue weighted by molar-refractivity contribution is 0.152. The van der Waals surface area contributed by atoms with Gasteiger partial charge >= 0.3 is 6.09 Å². The molecule has 0 saturated carbocycles. The van der Waals surface area contributed by atoms with Gasteiger partial charge in [-0.15, -0.1) is 0 Å². The fourth-order valence-electron chi connectivity index (χ4n) is 0.572. The van der Waals surface area contributed by atoms with Gasteiger partial charge in [-0.2, -0.15) is 0 Å². The Balaban J connectivity index is 3.63. The molecule has 0 aromatic heterocycles. The highest BCUT2D eigenvalue weighted by atomic mass is 16.7. The van der Waals surface area contributed by atoms with E-state index in [4.69, 9.17) is 0 Å². The molecule has 0 atom stereocenters. The Labute approximate surface area is 66.6 Å². The summed E-state index contributed by atoms with van der Waals surface area (Å²) in [6.07, 6.45) is 1.34. The molecule has 0 heterocycles. The van der Waals surface area contributed by atoms with Crippen molar-refractivity contribution in [3.8, 4) is 0 Å². The van der Waals surface area contributed by atoms with E-state index in [-0.39, 0.29) is 0 Å². The van der Waals surface area contributed by atoms with Gasteiger partial charge in [-0.1, -0.05) is 18.5 Å². The van der Waals surface area contributed by atoms with Gasteiger partial charge in [-0.05, 0) is 13.3 Å². The van der Waals surface area contributed by atoms with Crippen LogP contribution in [0.3, 0.4) is 0 Å². The third-order valence-electron chi connectivity index (χ3n) is 1.10. The second-order valence-electron chi connectivity index (χ2n) is 2.21. The topological polar surface area (TPSA) is 50.7 Å². The SMILES string of the molecule is CCCC(C)=NOC(=O)NC. The molecule has 1 N–H and O–H groups in total. The standard InChI is InChI=1S/C7H14N2O2/c1-4-5-6(2)9-11-7(10)8-3/h4-5H2,1-3H3,(H,8,10). The van der Waals surface area contributed by atoms with Crippen LogP contribution in [0.5, 0.6) is 0 Å². The summed E-state index contributed by atoms with van der Waals surface area (Å²) in [5.74, 6) is 0. The summed E-state index contributed by atoms with van der Waals surface area (Å²) in [5.41, 5.74) is 0.830. The van der Waals surface area contributed by atoms with Crippen LogP contribution in [0.25, 0.3) is 0 Å². The monoisotopic (exact) mass is 158 g/mol. The van der Waals surface area contributed by atoms with Gasteiger partial charge in [0.1, 0.15) is 0 Å². The Hall–Kier alpha value is -1.06. The van der Waals surface area contributed by atoms with E-state index in [1.54, 1.807) is 0 Å². The first-order valence-corrected chi connectivity index (χ1v) is 3.63. The van der Waals surface area contributed by atoms with Crippen LogP contribution in [0.15, 0.2) is 5.16 Å². The lowest BCUT2D eigenvalue weighted by Gasteiger charge is -1.97. The van der Waals surface area contributed by atoms with Crippen molar-refractivity contribution in [3.63, 3.8) is 0 Å². The number of carbonyl (C=O) groups excluding carboxylic acids is 1. The molecule has 0 rings (SSSR count). The van der Waals surface area contributed by atoms with Crippen molar-refractivity contribution < 1.29 is 9.63 Å². The van der Waals surface area contributed by atoms with E-state index in [9.17, 15) is 4.79 Å².